The Morgan fingerprint density at radius 2 is 1.68 bits per heavy atom. The van der Waals surface area contributed by atoms with E-state index in [0.717, 1.165) is 24.5 Å². The van der Waals surface area contributed by atoms with Gasteiger partial charge in [0, 0.05) is 38.6 Å². The maximum Gasteiger partial charge on any atom is 0.417 e. The molecule has 2 aliphatic rings. The molecule has 2 aromatic rings. The highest BCUT2D eigenvalue weighted by atomic mass is 32.2. The van der Waals surface area contributed by atoms with Gasteiger partial charge in [0.2, 0.25) is 0 Å². The van der Waals surface area contributed by atoms with Gasteiger partial charge < -0.3 is 14.5 Å². The van der Waals surface area contributed by atoms with Gasteiger partial charge in [-0.1, -0.05) is 0 Å². The van der Waals surface area contributed by atoms with E-state index in [1.54, 1.807) is 0 Å². The monoisotopic (exact) mass is 569 g/mol. The van der Waals surface area contributed by atoms with Crippen molar-refractivity contribution in [2.45, 2.75) is 30.1 Å². The highest BCUT2D eigenvalue weighted by Gasteiger charge is 2.64. The summed E-state index contributed by atoms with van der Waals surface area (Å²) in [7, 11) is -3.77. The van der Waals surface area contributed by atoms with Crippen LogP contribution in [0.25, 0.3) is 0 Å². The van der Waals surface area contributed by atoms with Crippen molar-refractivity contribution in [2.75, 3.05) is 43.9 Å². The Morgan fingerprint density at radius 3 is 2.18 bits per heavy atom. The molecule has 0 atom stereocenters. The van der Waals surface area contributed by atoms with E-state index >= 15 is 0 Å². The van der Waals surface area contributed by atoms with E-state index in [2.05, 4.69) is 4.98 Å². The molecule has 1 aromatic carbocycles. The number of carbonyl (C=O) groups excluding carboxylic acids is 1. The fourth-order valence-electron chi connectivity index (χ4n) is 4.02. The summed E-state index contributed by atoms with van der Waals surface area (Å²) in [6, 6.07) is 3.62. The molecule has 2 heterocycles. The van der Waals surface area contributed by atoms with Gasteiger partial charge in [-0.3, -0.25) is 4.79 Å². The molecule has 0 radical (unpaired) electrons. The first kappa shape index (κ1) is 27.9. The van der Waals surface area contributed by atoms with E-state index < -0.39 is 51.5 Å². The average Bonchev–Trinajstić information content (AvgIpc) is 3.63. The smallest absolute Gasteiger partial charge is 0.417 e. The Labute approximate surface area is 213 Å². The number of alkyl halides is 6. The summed E-state index contributed by atoms with van der Waals surface area (Å²) >= 11 is 0. The largest absolute Gasteiger partial charge is 0.492 e. The van der Waals surface area contributed by atoms with Gasteiger partial charge >= 0.3 is 12.4 Å². The number of rotatable bonds is 6. The normalized spacial score (nSPS) is 17.9. The van der Waals surface area contributed by atoms with Crippen molar-refractivity contribution in [3.63, 3.8) is 0 Å². The number of carbonyl (C=O) groups is 1. The Morgan fingerprint density at radius 1 is 1.05 bits per heavy atom. The topological polar surface area (TPSA) is 79.8 Å². The molecule has 2 fully saturated rings. The number of pyridine rings is 1. The first-order valence-electron chi connectivity index (χ1n) is 11.3. The average molecular weight is 569 g/mol. The summed E-state index contributed by atoms with van der Waals surface area (Å²) in [6.45, 7) is -0.853. The standard InChI is InChI=1S/C23H22F7N3O4S/c1-38(35,36)15-2-3-18(37-13-21(4-5-21)23(28,29)30)16(11-15)20(34)33-8-6-32(7-9-33)19-17(24)10-14(12-31-19)22(25,26)27/h2-3,10-12H,4-9,13H2,1H3. The molecule has 38 heavy (non-hydrogen) atoms. The maximum atomic E-state index is 14.3. The molecule has 1 aliphatic carbocycles. The summed E-state index contributed by atoms with van der Waals surface area (Å²) in [4.78, 5) is 19.3. The van der Waals surface area contributed by atoms with Gasteiger partial charge in [0.15, 0.2) is 21.5 Å². The summed E-state index contributed by atoms with van der Waals surface area (Å²) in [6.07, 6.45) is -8.11. The predicted molar refractivity (Wildman–Crippen MR) is 120 cm³/mol. The van der Waals surface area contributed by atoms with Crippen LogP contribution in [0.5, 0.6) is 5.75 Å². The molecule has 7 nitrogen and oxygen atoms in total. The SMILES string of the molecule is CS(=O)(=O)c1ccc(OCC2(C(F)(F)F)CC2)c(C(=O)N2CCN(c3ncc(C(F)(F)F)cc3F)CC2)c1. The third-order valence-electron chi connectivity index (χ3n) is 6.58. The molecule has 15 heteroatoms. The zero-order valence-electron chi connectivity index (χ0n) is 19.9. The van der Waals surface area contributed by atoms with Crippen LogP contribution in [-0.2, 0) is 16.0 Å². The highest BCUT2D eigenvalue weighted by molar-refractivity contribution is 7.90. The number of piperazine rings is 1. The van der Waals surface area contributed by atoms with E-state index in [4.69, 9.17) is 4.74 Å². The number of ether oxygens (including phenoxy) is 1. The van der Waals surface area contributed by atoms with Crippen molar-refractivity contribution in [1.29, 1.82) is 0 Å². The van der Waals surface area contributed by atoms with Crippen LogP contribution in [0.2, 0.25) is 0 Å². The minimum Gasteiger partial charge on any atom is -0.492 e. The molecule has 1 aromatic heterocycles. The van der Waals surface area contributed by atoms with E-state index in [1.807, 2.05) is 0 Å². The molecular formula is C23H22F7N3O4S. The Bertz CT molecular complexity index is 1330. The molecule has 4 rings (SSSR count). The number of nitrogens with zero attached hydrogens (tertiary/aromatic N) is 3. The molecule has 0 unspecified atom stereocenters. The van der Waals surface area contributed by atoms with Crippen LogP contribution in [-0.4, -0.2) is 69.4 Å². The number of hydrogen-bond donors (Lipinski definition) is 0. The number of benzene rings is 1. The minimum atomic E-state index is -4.77. The van der Waals surface area contributed by atoms with Gasteiger partial charge in [-0.2, -0.15) is 26.3 Å². The predicted octanol–water partition coefficient (Wildman–Crippen LogP) is 4.33. The number of anilines is 1. The summed E-state index contributed by atoms with van der Waals surface area (Å²) in [5, 5.41) is 0. The summed E-state index contributed by atoms with van der Waals surface area (Å²) < 4.78 is 122. The summed E-state index contributed by atoms with van der Waals surface area (Å²) in [5.41, 5.74) is -3.52. The Hall–Kier alpha value is -3.10. The van der Waals surface area contributed by atoms with Gasteiger partial charge in [0.1, 0.15) is 17.8 Å². The van der Waals surface area contributed by atoms with Gasteiger partial charge in [0.05, 0.1) is 16.0 Å². The quantitative estimate of drug-likeness (QED) is 0.482. The number of aromatic nitrogens is 1. The Balaban J connectivity index is 1.52. The van der Waals surface area contributed by atoms with Gasteiger partial charge in [0.25, 0.3) is 5.91 Å². The molecular weight excluding hydrogens is 547 g/mol. The second kappa shape index (κ2) is 9.58. The zero-order valence-corrected chi connectivity index (χ0v) is 20.7. The molecule has 208 valence electrons. The second-order valence-corrected chi connectivity index (χ2v) is 11.3. The second-order valence-electron chi connectivity index (χ2n) is 9.30. The molecule has 1 amide bonds. The van der Waals surface area contributed by atoms with E-state index in [-0.39, 0.29) is 61.0 Å². The minimum absolute atomic E-state index is 0.0137. The van der Waals surface area contributed by atoms with Crippen LogP contribution >= 0.6 is 0 Å². The van der Waals surface area contributed by atoms with Gasteiger partial charge in [-0.15, -0.1) is 0 Å². The Kier molecular flexibility index (Phi) is 7.04. The zero-order chi connectivity index (χ0) is 28.1. The number of hydrogen-bond acceptors (Lipinski definition) is 6. The van der Waals surface area contributed by atoms with Crippen LogP contribution in [0.15, 0.2) is 35.4 Å². The lowest BCUT2D eigenvalue weighted by atomic mass is 10.1. The number of amides is 1. The first-order chi connectivity index (χ1) is 17.5. The van der Waals surface area contributed by atoms with Crippen molar-refractivity contribution in [3.8, 4) is 5.75 Å². The van der Waals surface area contributed by atoms with Crippen LogP contribution in [0.4, 0.5) is 36.6 Å². The van der Waals surface area contributed by atoms with Crippen molar-refractivity contribution >= 4 is 21.6 Å². The number of sulfone groups is 1. The van der Waals surface area contributed by atoms with Crippen LogP contribution in [0.3, 0.4) is 0 Å². The lowest BCUT2D eigenvalue weighted by molar-refractivity contribution is -0.194. The van der Waals surface area contributed by atoms with Crippen molar-refractivity contribution in [2.24, 2.45) is 5.41 Å². The van der Waals surface area contributed by atoms with Crippen molar-refractivity contribution in [1.82, 2.24) is 9.88 Å². The molecule has 1 aliphatic heterocycles. The molecule has 0 N–H and O–H groups in total. The lowest BCUT2D eigenvalue weighted by Gasteiger charge is -2.36. The lowest BCUT2D eigenvalue weighted by Crippen LogP contribution is -2.49. The third kappa shape index (κ3) is 5.66. The van der Waals surface area contributed by atoms with E-state index in [1.165, 1.54) is 9.80 Å². The first-order valence-corrected chi connectivity index (χ1v) is 13.2. The van der Waals surface area contributed by atoms with E-state index in [0.29, 0.717) is 12.3 Å². The van der Waals surface area contributed by atoms with Crippen LogP contribution < -0.4 is 9.64 Å². The number of halogens is 7. The van der Waals surface area contributed by atoms with Crippen LogP contribution in [0, 0.1) is 11.2 Å². The third-order valence-corrected chi connectivity index (χ3v) is 7.69. The van der Waals surface area contributed by atoms with Crippen LogP contribution in [0.1, 0.15) is 28.8 Å². The fourth-order valence-corrected chi connectivity index (χ4v) is 4.67. The van der Waals surface area contributed by atoms with E-state index in [9.17, 15) is 43.9 Å². The van der Waals surface area contributed by atoms with Crippen molar-refractivity contribution in [3.05, 3.63) is 47.4 Å². The van der Waals surface area contributed by atoms with Crippen molar-refractivity contribution < 1.29 is 48.7 Å². The molecule has 1 saturated carbocycles. The molecule has 0 bridgehead atoms. The van der Waals surface area contributed by atoms with Gasteiger partial charge in [-0.05, 0) is 37.1 Å². The molecule has 0 spiro atoms. The molecule has 1 saturated heterocycles. The maximum absolute atomic E-state index is 14.3. The van der Waals surface area contributed by atoms with Gasteiger partial charge in [-0.25, -0.2) is 17.8 Å². The highest BCUT2D eigenvalue weighted by Crippen LogP contribution is 2.57. The fraction of sp³-hybridized carbons (Fsp3) is 0.478. The summed E-state index contributed by atoms with van der Waals surface area (Å²) in [5.74, 6) is -2.44.